The first-order valence-electron chi connectivity index (χ1n) is 8.66. The monoisotopic (exact) mass is 389 g/mol. The summed E-state index contributed by atoms with van der Waals surface area (Å²) < 4.78 is 4.79. The zero-order valence-corrected chi connectivity index (χ0v) is 16.2. The lowest BCUT2D eigenvalue weighted by Gasteiger charge is -2.16. The molecular weight excluding hydrogens is 366 g/mol. The van der Waals surface area contributed by atoms with Crippen LogP contribution in [0.2, 0.25) is 0 Å². The van der Waals surface area contributed by atoms with Crippen molar-refractivity contribution in [3.8, 4) is 0 Å². The minimum Gasteiger partial charge on any atom is -0.467 e. The van der Waals surface area contributed by atoms with Crippen molar-refractivity contribution in [2.45, 2.75) is 37.4 Å². The van der Waals surface area contributed by atoms with Crippen LogP contribution in [-0.2, 0) is 27.2 Å². The zero-order valence-electron chi connectivity index (χ0n) is 15.4. The number of methoxy groups -OCH3 is 1. The van der Waals surface area contributed by atoms with E-state index < -0.39 is 12.0 Å². The number of aromatic nitrogens is 2. The molecule has 0 saturated heterocycles. The summed E-state index contributed by atoms with van der Waals surface area (Å²) in [4.78, 5) is 42.9. The molecule has 2 rings (SSSR count). The Labute approximate surface area is 161 Å². The summed E-state index contributed by atoms with van der Waals surface area (Å²) in [7, 11) is 1.29. The van der Waals surface area contributed by atoms with Crippen molar-refractivity contribution in [1.82, 2.24) is 15.3 Å². The second-order valence-electron chi connectivity index (χ2n) is 5.91. The minimum absolute atomic E-state index is 0.0286. The van der Waals surface area contributed by atoms with Gasteiger partial charge in [0.05, 0.1) is 12.9 Å². The number of nitrogens with one attached hydrogen (secondary N) is 2. The molecule has 0 aliphatic heterocycles. The van der Waals surface area contributed by atoms with Crippen molar-refractivity contribution < 1.29 is 14.3 Å². The van der Waals surface area contributed by atoms with Crippen LogP contribution in [0.1, 0.15) is 24.6 Å². The van der Waals surface area contributed by atoms with E-state index in [-0.39, 0.29) is 17.2 Å². The number of carbonyl (C=O) groups is 2. The third-order valence-corrected chi connectivity index (χ3v) is 4.60. The Kier molecular flexibility index (Phi) is 8.06. The van der Waals surface area contributed by atoms with Crippen molar-refractivity contribution in [3.63, 3.8) is 0 Å². The molecule has 0 unspecified atom stereocenters. The van der Waals surface area contributed by atoms with Gasteiger partial charge in [-0.25, -0.2) is 9.78 Å². The highest BCUT2D eigenvalue weighted by Gasteiger charge is 2.22. The lowest BCUT2D eigenvalue weighted by molar-refractivity contribution is -0.144. The van der Waals surface area contributed by atoms with Gasteiger partial charge in [-0.2, -0.15) is 0 Å². The summed E-state index contributed by atoms with van der Waals surface area (Å²) in [5.41, 5.74) is 1.37. The Hall–Kier alpha value is -2.61. The Morgan fingerprint density at radius 1 is 1.30 bits per heavy atom. The van der Waals surface area contributed by atoms with Crippen molar-refractivity contribution in [2.24, 2.45) is 0 Å². The number of amides is 1. The van der Waals surface area contributed by atoms with Crippen LogP contribution in [0.4, 0.5) is 0 Å². The first kappa shape index (κ1) is 20.7. The molecule has 0 radical (unpaired) electrons. The molecule has 27 heavy (non-hydrogen) atoms. The molecule has 144 valence electrons. The highest BCUT2D eigenvalue weighted by Crippen LogP contribution is 2.12. The van der Waals surface area contributed by atoms with Gasteiger partial charge in [0, 0.05) is 18.2 Å². The van der Waals surface area contributed by atoms with Crippen LogP contribution in [0.15, 0.2) is 46.3 Å². The molecule has 0 aliphatic rings. The van der Waals surface area contributed by atoms with Gasteiger partial charge in [-0.05, 0) is 12.0 Å². The predicted molar refractivity (Wildman–Crippen MR) is 104 cm³/mol. The van der Waals surface area contributed by atoms with Gasteiger partial charge in [-0.15, -0.1) is 0 Å². The third kappa shape index (κ3) is 6.90. The van der Waals surface area contributed by atoms with Crippen molar-refractivity contribution in [2.75, 3.05) is 12.9 Å². The third-order valence-electron chi connectivity index (χ3n) is 3.72. The van der Waals surface area contributed by atoms with Gasteiger partial charge in [-0.3, -0.25) is 9.59 Å². The van der Waals surface area contributed by atoms with E-state index in [1.54, 1.807) is 0 Å². The van der Waals surface area contributed by atoms with Crippen LogP contribution in [0.3, 0.4) is 0 Å². The minimum atomic E-state index is -0.774. The summed E-state index contributed by atoms with van der Waals surface area (Å²) in [6.07, 6.45) is 1.91. The van der Waals surface area contributed by atoms with E-state index in [2.05, 4.69) is 15.3 Å². The second-order valence-corrected chi connectivity index (χ2v) is 6.88. The fourth-order valence-corrected chi connectivity index (χ4v) is 3.20. The predicted octanol–water partition coefficient (Wildman–Crippen LogP) is 1.72. The van der Waals surface area contributed by atoms with Crippen LogP contribution in [0.25, 0.3) is 0 Å². The number of benzene rings is 1. The fraction of sp³-hybridized carbons (Fsp3) is 0.368. The molecule has 1 atom stereocenters. The number of ether oxygens (including phenoxy) is 1. The number of hydrogen-bond acceptors (Lipinski definition) is 6. The Balaban J connectivity index is 1.97. The number of aryl methyl sites for hydroxylation is 1. The Bertz CT molecular complexity index is 823. The number of aromatic amines is 1. The molecule has 2 aromatic rings. The van der Waals surface area contributed by atoms with Crippen LogP contribution in [0.5, 0.6) is 0 Å². The van der Waals surface area contributed by atoms with Gasteiger partial charge >= 0.3 is 5.97 Å². The standard InChI is InChI=1S/C19H23N3O4S/c1-3-7-14-11-16(23)22-19(20-14)27-12-17(24)21-15(18(25)26-2)10-13-8-5-4-6-9-13/h4-6,8-9,11,15H,3,7,10,12H2,1-2H3,(H,21,24)(H,20,22,23)/t15-/m0/s1. The topological polar surface area (TPSA) is 101 Å². The van der Waals surface area contributed by atoms with Crippen LogP contribution < -0.4 is 10.9 Å². The molecule has 0 bridgehead atoms. The van der Waals surface area contributed by atoms with Crippen LogP contribution in [0, 0.1) is 0 Å². The molecular formula is C19H23N3O4S. The van der Waals surface area contributed by atoms with Crippen LogP contribution >= 0.6 is 11.8 Å². The molecule has 0 spiro atoms. The SMILES string of the molecule is CCCc1cc(=O)[nH]c(SCC(=O)N[C@@H](Cc2ccccc2)C(=O)OC)n1. The second kappa shape index (κ2) is 10.5. The Morgan fingerprint density at radius 3 is 2.70 bits per heavy atom. The molecule has 0 aliphatic carbocycles. The maximum absolute atomic E-state index is 12.3. The Morgan fingerprint density at radius 2 is 2.04 bits per heavy atom. The van der Waals surface area contributed by atoms with E-state index in [1.165, 1.54) is 13.2 Å². The van der Waals surface area contributed by atoms with Gasteiger partial charge in [0.1, 0.15) is 6.04 Å². The maximum atomic E-state index is 12.3. The highest BCUT2D eigenvalue weighted by atomic mass is 32.2. The maximum Gasteiger partial charge on any atom is 0.328 e. The van der Waals surface area contributed by atoms with Gasteiger partial charge < -0.3 is 15.0 Å². The number of H-pyrrole nitrogens is 1. The first-order valence-corrected chi connectivity index (χ1v) is 9.64. The molecule has 1 aromatic heterocycles. The number of rotatable bonds is 9. The summed E-state index contributed by atoms with van der Waals surface area (Å²) >= 11 is 1.12. The van der Waals surface area contributed by atoms with E-state index in [9.17, 15) is 14.4 Å². The zero-order chi connectivity index (χ0) is 19.6. The molecule has 0 fully saturated rings. The molecule has 8 heteroatoms. The van der Waals surface area contributed by atoms with E-state index in [1.807, 2.05) is 37.3 Å². The van der Waals surface area contributed by atoms with Gasteiger partial charge in [0.25, 0.3) is 5.56 Å². The van der Waals surface area contributed by atoms with Gasteiger partial charge in [0.2, 0.25) is 5.91 Å². The highest BCUT2D eigenvalue weighted by molar-refractivity contribution is 7.99. The van der Waals surface area contributed by atoms with Crippen molar-refractivity contribution in [1.29, 1.82) is 0 Å². The first-order chi connectivity index (χ1) is 13.0. The lowest BCUT2D eigenvalue weighted by Crippen LogP contribution is -2.43. The number of nitrogens with zero attached hydrogens (tertiary/aromatic N) is 1. The molecule has 1 heterocycles. The van der Waals surface area contributed by atoms with Crippen molar-refractivity contribution >= 4 is 23.6 Å². The summed E-state index contributed by atoms with van der Waals surface area (Å²) in [6.45, 7) is 2.00. The average Bonchev–Trinajstić information content (AvgIpc) is 2.66. The number of carbonyl (C=O) groups excluding carboxylic acids is 2. The fourth-order valence-electron chi connectivity index (χ4n) is 2.49. The molecule has 7 nitrogen and oxygen atoms in total. The lowest BCUT2D eigenvalue weighted by atomic mass is 10.1. The van der Waals surface area contributed by atoms with E-state index >= 15 is 0 Å². The summed E-state index contributed by atoms with van der Waals surface area (Å²) in [6, 6.07) is 10.1. The van der Waals surface area contributed by atoms with E-state index in [4.69, 9.17) is 4.74 Å². The molecule has 2 N–H and O–H groups in total. The average molecular weight is 389 g/mol. The smallest absolute Gasteiger partial charge is 0.328 e. The number of hydrogen-bond donors (Lipinski definition) is 2. The number of thioether (sulfide) groups is 1. The largest absolute Gasteiger partial charge is 0.467 e. The van der Waals surface area contributed by atoms with Gasteiger partial charge in [0.15, 0.2) is 5.16 Å². The quantitative estimate of drug-likeness (QED) is 0.385. The van der Waals surface area contributed by atoms with E-state index in [0.29, 0.717) is 23.7 Å². The summed E-state index contributed by atoms with van der Waals surface area (Å²) in [5.74, 6) is -0.815. The van der Waals surface area contributed by atoms with E-state index in [0.717, 1.165) is 23.7 Å². The van der Waals surface area contributed by atoms with Crippen molar-refractivity contribution in [3.05, 3.63) is 58.0 Å². The molecule has 0 saturated carbocycles. The normalized spacial score (nSPS) is 11.6. The van der Waals surface area contributed by atoms with Crippen LogP contribution in [-0.4, -0.2) is 40.7 Å². The van der Waals surface area contributed by atoms with Gasteiger partial charge in [-0.1, -0.05) is 55.4 Å². The molecule has 1 aromatic carbocycles. The summed E-state index contributed by atoms with van der Waals surface area (Å²) in [5, 5.41) is 3.07. The number of esters is 1. The molecule has 1 amide bonds.